The van der Waals surface area contributed by atoms with Crippen LogP contribution in [0.1, 0.15) is 240 Å². The number of rotatable bonds is 45. The van der Waals surface area contributed by atoms with Crippen molar-refractivity contribution in [2.24, 2.45) is 11.8 Å². The molecule has 2 unspecified atom stereocenters. The van der Waals surface area contributed by atoms with E-state index in [-0.39, 0.29) is 5.97 Å². The lowest BCUT2D eigenvalue weighted by Gasteiger charge is -2.22. The number of esters is 1. The van der Waals surface area contributed by atoms with Gasteiger partial charge in [-0.15, -0.1) is 0 Å². The Hall–Kier alpha value is -0.690. The molecule has 0 bridgehead atoms. The SMILES string of the molecule is CCCCCCCCC[C@@H](CCCCCCC)CCOC(=O)CCCCCN(CCCCCC(O)OCC(CCCCC)CCCCCCC)CCNC. The first-order chi connectivity index (χ1) is 26.5. The van der Waals surface area contributed by atoms with Gasteiger partial charge in [0.05, 0.1) is 13.2 Å². The number of likely N-dealkylation sites (N-methyl/N-ethyl adjacent to an activating group) is 1. The zero-order valence-corrected chi connectivity index (χ0v) is 37.4. The minimum atomic E-state index is -0.623. The molecule has 6 nitrogen and oxygen atoms in total. The van der Waals surface area contributed by atoms with Crippen molar-refractivity contribution >= 4 is 5.97 Å². The van der Waals surface area contributed by atoms with Crippen molar-refractivity contribution in [3.63, 3.8) is 0 Å². The summed E-state index contributed by atoms with van der Waals surface area (Å²) in [5, 5.41) is 13.9. The van der Waals surface area contributed by atoms with Gasteiger partial charge in [-0.3, -0.25) is 4.79 Å². The van der Waals surface area contributed by atoms with Crippen molar-refractivity contribution in [1.29, 1.82) is 0 Å². The van der Waals surface area contributed by atoms with E-state index in [1.54, 1.807) is 0 Å². The summed E-state index contributed by atoms with van der Waals surface area (Å²) in [6.07, 6.45) is 39.9. The van der Waals surface area contributed by atoms with Gasteiger partial charge in [-0.1, -0.05) is 182 Å². The molecule has 0 aliphatic rings. The maximum absolute atomic E-state index is 12.6. The average molecular weight is 767 g/mol. The van der Waals surface area contributed by atoms with E-state index >= 15 is 0 Å². The lowest BCUT2D eigenvalue weighted by molar-refractivity contribution is -0.144. The summed E-state index contributed by atoms with van der Waals surface area (Å²) in [4.78, 5) is 15.1. The van der Waals surface area contributed by atoms with E-state index in [0.717, 1.165) is 77.5 Å². The number of hydrogen-bond donors (Lipinski definition) is 2. The fourth-order valence-electron chi connectivity index (χ4n) is 7.85. The number of carbonyl (C=O) groups is 1. The summed E-state index contributed by atoms with van der Waals surface area (Å²) in [7, 11) is 2.03. The topological polar surface area (TPSA) is 71.0 Å². The third-order valence-corrected chi connectivity index (χ3v) is 11.6. The lowest BCUT2D eigenvalue weighted by atomic mass is 9.92. The maximum atomic E-state index is 12.6. The molecule has 0 radical (unpaired) electrons. The Balaban J connectivity index is 4.26. The number of aliphatic hydroxyl groups excluding tert-OH is 1. The van der Waals surface area contributed by atoms with Gasteiger partial charge in [-0.25, -0.2) is 0 Å². The zero-order chi connectivity index (χ0) is 39.6. The predicted molar refractivity (Wildman–Crippen MR) is 235 cm³/mol. The molecular formula is C48H98N2O4. The van der Waals surface area contributed by atoms with Crippen LogP contribution in [0.2, 0.25) is 0 Å². The molecule has 0 fully saturated rings. The van der Waals surface area contributed by atoms with Crippen LogP contribution in [0.3, 0.4) is 0 Å². The number of carbonyl (C=O) groups excluding carboxylic acids is 1. The summed E-state index contributed by atoms with van der Waals surface area (Å²) in [6, 6.07) is 0. The Morgan fingerprint density at radius 2 is 0.944 bits per heavy atom. The van der Waals surface area contributed by atoms with Gasteiger partial charge in [-0.05, 0) is 83.3 Å². The summed E-state index contributed by atoms with van der Waals surface area (Å²) in [6.45, 7) is 14.7. The van der Waals surface area contributed by atoms with Crippen molar-refractivity contribution < 1.29 is 19.4 Å². The molecule has 0 saturated heterocycles. The standard InChI is InChI=1S/C48H98N2O4/c1-6-10-14-17-18-21-26-33-45(32-25-19-15-11-7-2)38-43-53-47(51)36-28-22-30-40-50(42-39-49-5)41-31-23-29-37-48(52)54-44-46(34-24-13-9-4)35-27-20-16-12-8-3/h45-46,48-49,52H,6-44H2,1-5H3/t45-,46?,48?/m1/s1. The van der Waals surface area contributed by atoms with Gasteiger partial charge in [0.15, 0.2) is 6.29 Å². The van der Waals surface area contributed by atoms with Crippen LogP contribution >= 0.6 is 0 Å². The predicted octanol–water partition coefficient (Wildman–Crippen LogP) is 13.6. The summed E-state index contributed by atoms with van der Waals surface area (Å²) < 4.78 is 11.7. The molecule has 6 heteroatoms. The second-order valence-corrected chi connectivity index (χ2v) is 16.9. The molecule has 0 aliphatic heterocycles. The molecule has 0 amide bonds. The molecule has 0 spiro atoms. The van der Waals surface area contributed by atoms with Gasteiger partial charge >= 0.3 is 5.97 Å². The number of aliphatic hydroxyl groups is 1. The third-order valence-electron chi connectivity index (χ3n) is 11.6. The molecule has 0 aromatic heterocycles. The third kappa shape index (κ3) is 38.2. The average Bonchev–Trinajstić information content (AvgIpc) is 3.17. The van der Waals surface area contributed by atoms with E-state index in [2.05, 4.69) is 37.9 Å². The first-order valence-electron chi connectivity index (χ1n) is 24.3. The van der Waals surface area contributed by atoms with Gasteiger partial charge < -0.3 is 24.8 Å². The van der Waals surface area contributed by atoms with Crippen LogP contribution in [-0.4, -0.2) is 68.7 Å². The maximum Gasteiger partial charge on any atom is 0.305 e. The smallest absolute Gasteiger partial charge is 0.305 e. The molecule has 0 rings (SSSR count). The van der Waals surface area contributed by atoms with Crippen molar-refractivity contribution in [3.05, 3.63) is 0 Å². The van der Waals surface area contributed by atoms with Gasteiger partial charge in [0.1, 0.15) is 0 Å². The number of unbranched alkanes of at least 4 members (excludes halogenated alkanes) is 20. The second-order valence-electron chi connectivity index (χ2n) is 16.9. The van der Waals surface area contributed by atoms with Crippen molar-refractivity contribution in [3.8, 4) is 0 Å². The normalized spacial score (nSPS) is 13.5. The van der Waals surface area contributed by atoms with Crippen LogP contribution in [-0.2, 0) is 14.3 Å². The first kappa shape index (κ1) is 53.3. The Labute approximate surface area is 338 Å². The van der Waals surface area contributed by atoms with E-state index in [9.17, 15) is 9.90 Å². The molecular weight excluding hydrogens is 669 g/mol. The molecule has 2 N–H and O–H groups in total. The summed E-state index contributed by atoms with van der Waals surface area (Å²) >= 11 is 0. The minimum absolute atomic E-state index is 0.000230. The number of nitrogens with one attached hydrogen (secondary N) is 1. The Bertz CT molecular complexity index is 738. The number of nitrogens with zero attached hydrogens (tertiary/aromatic N) is 1. The molecule has 0 heterocycles. The van der Waals surface area contributed by atoms with Gasteiger partial charge in [0.25, 0.3) is 0 Å². The fourth-order valence-corrected chi connectivity index (χ4v) is 7.85. The van der Waals surface area contributed by atoms with E-state index < -0.39 is 6.29 Å². The molecule has 0 saturated carbocycles. The van der Waals surface area contributed by atoms with Crippen molar-refractivity contribution in [2.45, 2.75) is 246 Å². The minimum Gasteiger partial charge on any atom is -0.466 e. The number of hydrogen-bond acceptors (Lipinski definition) is 6. The largest absolute Gasteiger partial charge is 0.466 e. The first-order valence-corrected chi connectivity index (χ1v) is 24.3. The van der Waals surface area contributed by atoms with E-state index in [4.69, 9.17) is 9.47 Å². The highest BCUT2D eigenvalue weighted by Gasteiger charge is 2.14. The second kappa shape index (κ2) is 43.4. The van der Waals surface area contributed by atoms with Crippen LogP contribution in [0, 0.1) is 11.8 Å². The lowest BCUT2D eigenvalue weighted by Crippen LogP contribution is -2.32. The summed E-state index contributed by atoms with van der Waals surface area (Å²) in [5.74, 6) is 1.31. The molecule has 54 heavy (non-hydrogen) atoms. The molecule has 0 aromatic rings. The van der Waals surface area contributed by atoms with Crippen LogP contribution in [0.4, 0.5) is 0 Å². The Morgan fingerprint density at radius 3 is 1.48 bits per heavy atom. The monoisotopic (exact) mass is 767 g/mol. The quantitative estimate of drug-likeness (QED) is 0.0365. The van der Waals surface area contributed by atoms with Gasteiger partial charge in [0, 0.05) is 19.5 Å². The highest BCUT2D eigenvalue weighted by molar-refractivity contribution is 5.69. The molecule has 0 aromatic carbocycles. The Morgan fingerprint density at radius 1 is 0.519 bits per heavy atom. The fraction of sp³-hybridized carbons (Fsp3) is 0.979. The zero-order valence-electron chi connectivity index (χ0n) is 37.4. The van der Waals surface area contributed by atoms with Crippen molar-refractivity contribution in [2.75, 3.05) is 46.4 Å². The highest BCUT2D eigenvalue weighted by Crippen LogP contribution is 2.23. The molecule has 0 aliphatic carbocycles. The number of ether oxygens (including phenoxy) is 2. The van der Waals surface area contributed by atoms with Crippen molar-refractivity contribution in [1.82, 2.24) is 10.2 Å². The summed E-state index contributed by atoms with van der Waals surface area (Å²) in [5.41, 5.74) is 0. The van der Waals surface area contributed by atoms with E-state index in [1.807, 2.05) is 7.05 Å². The van der Waals surface area contributed by atoms with Crippen LogP contribution in [0.15, 0.2) is 0 Å². The van der Waals surface area contributed by atoms with Crippen LogP contribution in [0.5, 0.6) is 0 Å². The van der Waals surface area contributed by atoms with Crippen LogP contribution in [0.25, 0.3) is 0 Å². The van der Waals surface area contributed by atoms with Crippen LogP contribution < -0.4 is 5.32 Å². The van der Waals surface area contributed by atoms with Gasteiger partial charge in [0.2, 0.25) is 0 Å². The molecule has 324 valence electrons. The Kier molecular flexibility index (Phi) is 42.9. The van der Waals surface area contributed by atoms with Gasteiger partial charge in [-0.2, -0.15) is 0 Å². The van der Waals surface area contributed by atoms with E-state index in [0.29, 0.717) is 31.5 Å². The van der Waals surface area contributed by atoms with E-state index in [1.165, 1.54) is 154 Å². The molecule has 3 atom stereocenters. The highest BCUT2D eigenvalue weighted by atomic mass is 16.6.